The summed E-state index contributed by atoms with van der Waals surface area (Å²) in [5, 5.41) is 13.3. The molecule has 0 heterocycles. The Hall–Kier alpha value is -2.15. The fourth-order valence-electron chi connectivity index (χ4n) is 1.46. The van der Waals surface area contributed by atoms with Crippen molar-refractivity contribution in [1.82, 2.24) is 0 Å². The van der Waals surface area contributed by atoms with Gasteiger partial charge in [-0.3, -0.25) is 0 Å². The number of benzene rings is 1. The molecule has 138 valence electrons. The minimum absolute atomic E-state index is 0.753. The molecule has 0 aliphatic rings. The van der Waals surface area contributed by atoms with Crippen LogP contribution in [0.15, 0.2) is 45.8 Å². The summed E-state index contributed by atoms with van der Waals surface area (Å²) >= 11 is 0. The fourth-order valence-corrected chi connectivity index (χ4v) is 3.30. The van der Waals surface area contributed by atoms with Crippen molar-refractivity contribution in [3.05, 3.63) is 30.3 Å². The second-order valence-electron chi connectivity index (χ2n) is 5.74. The van der Waals surface area contributed by atoms with Crippen LogP contribution in [-0.4, -0.2) is 25.9 Å². The average molecular weight is 364 g/mol. The molecule has 0 saturated carbocycles. The highest BCUT2D eigenvalue weighted by Crippen LogP contribution is 2.14. The van der Waals surface area contributed by atoms with Crippen LogP contribution in [0.2, 0.25) is 0 Å². The van der Waals surface area contributed by atoms with Gasteiger partial charge in [-0.05, 0) is 40.0 Å². The van der Waals surface area contributed by atoms with Gasteiger partial charge in [0.15, 0.2) is 0 Å². The van der Waals surface area contributed by atoms with E-state index in [1.165, 1.54) is 0 Å². The Morgan fingerprint density at radius 2 is 1.08 bits per heavy atom. The quantitative estimate of drug-likeness (QED) is 0.355. The Bertz CT molecular complexity index is 560. The predicted octanol–water partition coefficient (Wildman–Crippen LogP) is 4.24. The van der Waals surface area contributed by atoms with Crippen molar-refractivity contribution in [2.45, 2.75) is 60.8 Å². The third-order valence-electron chi connectivity index (χ3n) is 3.63. The van der Waals surface area contributed by atoms with Crippen LogP contribution in [-0.2, 0) is 13.6 Å². The summed E-state index contributed by atoms with van der Waals surface area (Å²) < 4.78 is 17.5. The molecule has 0 atom stereocenters. The first-order chi connectivity index (χ1) is 12.0. The van der Waals surface area contributed by atoms with Crippen LogP contribution in [0.1, 0.15) is 60.8 Å². The van der Waals surface area contributed by atoms with Gasteiger partial charge in [0, 0.05) is 0 Å². The SMILES string of the molecule is CC/C(C)=N\O[Si](O/N=C(/C)CC)(O/N=C(/C)CC)c1ccccc1. The lowest BCUT2D eigenvalue weighted by Crippen LogP contribution is -2.54. The maximum Gasteiger partial charge on any atom is 0.800 e. The van der Waals surface area contributed by atoms with Crippen LogP contribution in [0.5, 0.6) is 0 Å². The van der Waals surface area contributed by atoms with Gasteiger partial charge in [-0.1, -0.05) is 51.1 Å². The minimum Gasteiger partial charge on any atom is -0.370 e. The lowest BCUT2D eigenvalue weighted by Gasteiger charge is -2.22. The van der Waals surface area contributed by atoms with Crippen LogP contribution in [0.3, 0.4) is 0 Å². The van der Waals surface area contributed by atoms with Gasteiger partial charge in [0.05, 0.1) is 22.3 Å². The standard InChI is InChI=1S/C18H29N3O3Si/c1-7-15(4)19-22-25(23-20-16(5)8-2,24-21-17(6)9-3)18-13-11-10-12-14-18/h10-14H,7-9H2,1-6H3/b19-15-,20-16-,21-17-. The van der Waals surface area contributed by atoms with Crippen LogP contribution < -0.4 is 5.19 Å². The lowest BCUT2D eigenvalue weighted by molar-refractivity contribution is 0.0800. The highest BCUT2D eigenvalue weighted by atomic mass is 28.4. The summed E-state index contributed by atoms with van der Waals surface area (Å²) in [6.45, 7) is 11.7. The van der Waals surface area contributed by atoms with E-state index in [1.54, 1.807) is 0 Å². The van der Waals surface area contributed by atoms with Crippen LogP contribution in [0.25, 0.3) is 0 Å². The molecular weight excluding hydrogens is 334 g/mol. The molecule has 0 unspecified atom stereocenters. The van der Waals surface area contributed by atoms with Crippen molar-refractivity contribution < 1.29 is 13.6 Å². The first-order valence-corrected chi connectivity index (χ1v) is 10.4. The molecule has 1 aromatic carbocycles. The molecule has 0 spiro atoms. The zero-order valence-corrected chi connectivity index (χ0v) is 17.1. The van der Waals surface area contributed by atoms with E-state index in [-0.39, 0.29) is 0 Å². The summed E-state index contributed by atoms with van der Waals surface area (Å²) in [7, 11) is -3.47. The zero-order valence-electron chi connectivity index (χ0n) is 16.1. The normalized spacial score (nSPS) is 13.6. The molecule has 7 heteroatoms. The minimum atomic E-state index is -3.47. The van der Waals surface area contributed by atoms with Crippen molar-refractivity contribution in [2.24, 2.45) is 15.5 Å². The van der Waals surface area contributed by atoms with Gasteiger partial charge < -0.3 is 13.6 Å². The van der Waals surface area contributed by atoms with Crippen LogP contribution in [0.4, 0.5) is 0 Å². The molecule has 6 nitrogen and oxygen atoms in total. The van der Waals surface area contributed by atoms with Gasteiger partial charge in [-0.15, -0.1) is 15.5 Å². The topological polar surface area (TPSA) is 64.8 Å². The van der Waals surface area contributed by atoms with Gasteiger partial charge in [-0.2, -0.15) is 0 Å². The third-order valence-corrected chi connectivity index (χ3v) is 5.66. The van der Waals surface area contributed by atoms with Gasteiger partial charge in [-0.25, -0.2) is 0 Å². The van der Waals surface area contributed by atoms with Crippen LogP contribution >= 0.6 is 0 Å². The monoisotopic (exact) mass is 363 g/mol. The van der Waals surface area contributed by atoms with Crippen molar-refractivity contribution in [1.29, 1.82) is 0 Å². The van der Waals surface area contributed by atoms with Gasteiger partial charge in [0.25, 0.3) is 0 Å². The lowest BCUT2D eigenvalue weighted by atomic mass is 10.3. The molecule has 1 aromatic rings. The van der Waals surface area contributed by atoms with Gasteiger partial charge in [0.2, 0.25) is 0 Å². The Balaban J connectivity index is 3.34. The van der Waals surface area contributed by atoms with E-state index < -0.39 is 8.80 Å². The Morgan fingerprint density at radius 1 is 0.720 bits per heavy atom. The number of nitrogens with zero attached hydrogens (tertiary/aromatic N) is 3. The summed E-state index contributed by atoms with van der Waals surface area (Å²) in [5.41, 5.74) is 2.52. The van der Waals surface area contributed by atoms with E-state index in [0.29, 0.717) is 0 Å². The zero-order chi connectivity index (χ0) is 18.7. The van der Waals surface area contributed by atoms with Crippen molar-refractivity contribution >= 4 is 31.1 Å². The Kier molecular flexibility index (Phi) is 8.91. The van der Waals surface area contributed by atoms with E-state index in [1.807, 2.05) is 71.9 Å². The van der Waals surface area contributed by atoms with Crippen molar-refractivity contribution in [3.63, 3.8) is 0 Å². The largest absolute Gasteiger partial charge is 0.800 e. The van der Waals surface area contributed by atoms with E-state index in [4.69, 9.17) is 13.6 Å². The molecule has 25 heavy (non-hydrogen) atoms. The number of hydrogen-bond donors (Lipinski definition) is 0. The highest BCUT2D eigenvalue weighted by molar-refractivity contribution is 6.75. The fraction of sp³-hybridized carbons (Fsp3) is 0.500. The van der Waals surface area contributed by atoms with E-state index in [9.17, 15) is 0 Å². The van der Waals surface area contributed by atoms with E-state index in [2.05, 4.69) is 15.5 Å². The second kappa shape index (κ2) is 10.7. The molecular formula is C18H29N3O3Si. The molecule has 0 saturated heterocycles. The molecule has 0 aliphatic carbocycles. The Labute approximate surface area is 151 Å². The van der Waals surface area contributed by atoms with Crippen LogP contribution in [0, 0.1) is 0 Å². The highest BCUT2D eigenvalue weighted by Gasteiger charge is 2.55. The first-order valence-electron chi connectivity index (χ1n) is 8.67. The molecule has 0 aliphatic heterocycles. The molecule has 0 bridgehead atoms. The number of hydrogen-bond acceptors (Lipinski definition) is 6. The van der Waals surface area contributed by atoms with E-state index >= 15 is 0 Å². The number of oxime groups is 3. The molecule has 0 radical (unpaired) electrons. The Morgan fingerprint density at radius 3 is 1.40 bits per heavy atom. The summed E-state index contributed by atoms with van der Waals surface area (Å²) in [6.07, 6.45) is 2.31. The maximum absolute atomic E-state index is 5.83. The first kappa shape index (κ1) is 20.9. The van der Waals surface area contributed by atoms with Crippen molar-refractivity contribution in [3.8, 4) is 0 Å². The third kappa shape index (κ3) is 6.70. The molecule has 1 rings (SSSR count). The summed E-state index contributed by atoms with van der Waals surface area (Å²) in [5.74, 6) is 0. The van der Waals surface area contributed by atoms with Gasteiger partial charge >= 0.3 is 8.80 Å². The van der Waals surface area contributed by atoms with Crippen molar-refractivity contribution in [2.75, 3.05) is 0 Å². The predicted molar refractivity (Wildman–Crippen MR) is 105 cm³/mol. The maximum atomic E-state index is 5.83. The van der Waals surface area contributed by atoms with E-state index in [0.717, 1.165) is 41.6 Å². The molecule has 0 N–H and O–H groups in total. The summed E-state index contributed by atoms with van der Waals surface area (Å²) in [6, 6.07) is 9.49. The molecule has 0 aromatic heterocycles. The smallest absolute Gasteiger partial charge is 0.370 e. The second-order valence-corrected chi connectivity index (χ2v) is 7.97. The molecule has 0 amide bonds. The summed E-state index contributed by atoms with van der Waals surface area (Å²) in [4.78, 5) is 0. The average Bonchev–Trinajstić information content (AvgIpc) is 2.67. The molecule has 0 fully saturated rings. The number of rotatable bonds is 10. The van der Waals surface area contributed by atoms with Gasteiger partial charge in [0.1, 0.15) is 0 Å².